The molecule has 0 heterocycles. The van der Waals surface area contributed by atoms with E-state index in [1.165, 1.54) is 199 Å². The van der Waals surface area contributed by atoms with Crippen LogP contribution in [0, 0.1) is 0 Å². The van der Waals surface area contributed by atoms with E-state index in [0.29, 0.717) is 19.3 Å². The fourth-order valence-electron chi connectivity index (χ4n) is 9.25. The zero-order chi connectivity index (χ0) is 52.9. The van der Waals surface area contributed by atoms with Gasteiger partial charge in [0.1, 0.15) is 13.2 Å². The first-order valence-electron chi connectivity index (χ1n) is 31.8. The maximum atomic E-state index is 12.9. The van der Waals surface area contributed by atoms with Gasteiger partial charge in [-0.3, -0.25) is 14.4 Å². The Morgan fingerprint density at radius 3 is 0.849 bits per heavy atom. The molecule has 0 spiro atoms. The highest BCUT2D eigenvalue weighted by atomic mass is 16.6. The highest BCUT2D eigenvalue weighted by molar-refractivity contribution is 5.71. The average Bonchev–Trinajstić information content (AvgIpc) is 3.39. The topological polar surface area (TPSA) is 78.9 Å². The van der Waals surface area contributed by atoms with Gasteiger partial charge in [0.25, 0.3) is 0 Å². The molecule has 0 aliphatic carbocycles. The SMILES string of the molecule is CC/C=C\C/C=C\C/C=C\C/C=C\CCCCCCCCCCCCCCCCCCC(=O)OCC(COC(=O)CCCCCCCCCCCCC)OC(=O)CCCCCCC/C=C\CCCCCCCC. The number of esters is 3. The summed E-state index contributed by atoms with van der Waals surface area (Å²) in [5.74, 6) is -0.865. The van der Waals surface area contributed by atoms with Gasteiger partial charge in [-0.25, -0.2) is 0 Å². The molecule has 0 N–H and O–H groups in total. The molecule has 0 radical (unpaired) electrons. The minimum atomic E-state index is -0.774. The van der Waals surface area contributed by atoms with Crippen molar-refractivity contribution in [1.82, 2.24) is 0 Å². The van der Waals surface area contributed by atoms with Crippen LogP contribution < -0.4 is 0 Å². The summed E-state index contributed by atoms with van der Waals surface area (Å²) in [7, 11) is 0. The van der Waals surface area contributed by atoms with Gasteiger partial charge in [-0.05, 0) is 83.5 Å². The van der Waals surface area contributed by atoms with Gasteiger partial charge in [0.2, 0.25) is 0 Å². The van der Waals surface area contributed by atoms with Gasteiger partial charge in [0.05, 0.1) is 0 Å². The van der Waals surface area contributed by atoms with Crippen molar-refractivity contribution in [3.05, 3.63) is 60.8 Å². The maximum absolute atomic E-state index is 12.9. The molecule has 73 heavy (non-hydrogen) atoms. The molecular weight excluding hydrogens is 901 g/mol. The maximum Gasteiger partial charge on any atom is 0.306 e. The van der Waals surface area contributed by atoms with E-state index in [4.69, 9.17) is 14.2 Å². The minimum Gasteiger partial charge on any atom is -0.462 e. The third-order valence-electron chi connectivity index (χ3n) is 14.0. The van der Waals surface area contributed by atoms with Crippen LogP contribution in [-0.2, 0) is 28.6 Å². The summed E-state index contributed by atoms with van der Waals surface area (Å²) in [5.41, 5.74) is 0. The summed E-state index contributed by atoms with van der Waals surface area (Å²) in [4.78, 5) is 38.2. The Hall–Kier alpha value is -2.89. The molecular formula is C67H120O6. The van der Waals surface area contributed by atoms with Gasteiger partial charge < -0.3 is 14.2 Å². The standard InChI is InChI=1S/C67H120O6/c1-4-7-10-13-16-19-22-24-26-27-28-29-30-31-32-33-34-35-36-37-38-39-41-42-45-48-51-54-57-60-66(69)72-63-64(62-71-65(68)59-56-53-50-47-44-21-18-15-12-9-6-3)73-67(70)61-58-55-52-49-46-43-40-25-23-20-17-14-11-8-5-2/h7,10,16,19,24-26,28-29,40,64H,4-6,8-9,11-15,17-18,20-23,27,30-39,41-63H2,1-3H3/b10-7-,19-16-,26-24-,29-28-,40-25-. The third kappa shape index (κ3) is 59.9. The molecule has 0 aliphatic heterocycles. The molecule has 1 unspecified atom stereocenters. The number of hydrogen-bond donors (Lipinski definition) is 0. The van der Waals surface area contributed by atoms with Crippen LogP contribution in [0.5, 0.6) is 0 Å². The van der Waals surface area contributed by atoms with Crippen LogP contribution in [0.1, 0.15) is 329 Å². The lowest BCUT2D eigenvalue weighted by Gasteiger charge is -2.18. The Morgan fingerprint density at radius 1 is 0.288 bits per heavy atom. The molecule has 0 aromatic rings. The van der Waals surface area contributed by atoms with Gasteiger partial charge in [-0.15, -0.1) is 0 Å². The first-order chi connectivity index (χ1) is 36.0. The van der Waals surface area contributed by atoms with E-state index in [-0.39, 0.29) is 31.1 Å². The van der Waals surface area contributed by atoms with Crippen molar-refractivity contribution in [2.24, 2.45) is 0 Å². The predicted octanol–water partition coefficient (Wildman–Crippen LogP) is 21.6. The normalized spacial score (nSPS) is 12.4. The average molecular weight is 1020 g/mol. The van der Waals surface area contributed by atoms with Crippen molar-refractivity contribution in [2.45, 2.75) is 335 Å². The number of rotatable bonds is 58. The summed E-state index contributed by atoms with van der Waals surface area (Å²) in [6, 6.07) is 0. The molecule has 0 aromatic heterocycles. The Labute approximate surface area is 453 Å². The number of allylic oxidation sites excluding steroid dienone is 10. The van der Waals surface area contributed by atoms with Crippen LogP contribution >= 0.6 is 0 Å². The molecule has 0 amide bonds. The Morgan fingerprint density at radius 2 is 0.534 bits per heavy atom. The van der Waals surface area contributed by atoms with Gasteiger partial charge in [-0.1, -0.05) is 287 Å². The first kappa shape index (κ1) is 70.1. The molecule has 6 heteroatoms. The molecule has 0 bridgehead atoms. The van der Waals surface area contributed by atoms with Crippen molar-refractivity contribution < 1.29 is 28.6 Å². The quantitative estimate of drug-likeness (QED) is 0.0261. The van der Waals surface area contributed by atoms with E-state index in [9.17, 15) is 14.4 Å². The lowest BCUT2D eigenvalue weighted by molar-refractivity contribution is -0.167. The summed E-state index contributed by atoms with van der Waals surface area (Å²) >= 11 is 0. The summed E-state index contributed by atoms with van der Waals surface area (Å²) < 4.78 is 16.9. The Balaban J connectivity index is 4.16. The predicted molar refractivity (Wildman–Crippen MR) is 316 cm³/mol. The lowest BCUT2D eigenvalue weighted by atomic mass is 10.0. The molecule has 0 rings (SSSR count). The van der Waals surface area contributed by atoms with E-state index in [0.717, 1.165) is 89.9 Å². The highest BCUT2D eigenvalue weighted by Gasteiger charge is 2.19. The molecule has 1 atom stereocenters. The van der Waals surface area contributed by atoms with Crippen molar-refractivity contribution in [3.63, 3.8) is 0 Å². The second-order valence-electron chi connectivity index (χ2n) is 21.3. The van der Waals surface area contributed by atoms with E-state index in [2.05, 4.69) is 81.5 Å². The van der Waals surface area contributed by atoms with Crippen molar-refractivity contribution in [2.75, 3.05) is 13.2 Å². The van der Waals surface area contributed by atoms with E-state index in [1.54, 1.807) is 0 Å². The molecule has 0 saturated carbocycles. The number of carbonyl (C=O) groups is 3. The third-order valence-corrected chi connectivity index (χ3v) is 14.0. The van der Waals surface area contributed by atoms with Crippen LogP contribution in [0.4, 0.5) is 0 Å². The van der Waals surface area contributed by atoms with Crippen LogP contribution in [0.25, 0.3) is 0 Å². The smallest absolute Gasteiger partial charge is 0.306 e. The van der Waals surface area contributed by atoms with E-state index >= 15 is 0 Å². The monoisotopic (exact) mass is 1020 g/mol. The van der Waals surface area contributed by atoms with Gasteiger partial charge in [0, 0.05) is 19.3 Å². The minimum absolute atomic E-state index is 0.0725. The van der Waals surface area contributed by atoms with Gasteiger partial charge in [-0.2, -0.15) is 0 Å². The zero-order valence-electron chi connectivity index (χ0n) is 48.7. The number of unbranched alkanes of at least 4 members (excludes halogenated alkanes) is 37. The second kappa shape index (κ2) is 61.7. The van der Waals surface area contributed by atoms with E-state index in [1.807, 2.05) is 0 Å². The molecule has 0 aromatic carbocycles. The summed E-state index contributed by atoms with van der Waals surface area (Å²) in [5, 5.41) is 0. The molecule has 6 nitrogen and oxygen atoms in total. The van der Waals surface area contributed by atoms with Crippen molar-refractivity contribution in [1.29, 1.82) is 0 Å². The fraction of sp³-hybridized carbons (Fsp3) is 0.806. The number of ether oxygens (including phenoxy) is 3. The number of carbonyl (C=O) groups excluding carboxylic acids is 3. The van der Waals surface area contributed by atoms with Gasteiger partial charge in [0.15, 0.2) is 6.10 Å². The highest BCUT2D eigenvalue weighted by Crippen LogP contribution is 2.17. The lowest BCUT2D eigenvalue weighted by Crippen LogP contribution is -2.30. The molecule has 0 fully saturated rings. The molecule has 424 valence electrons. The zero-order valence-corrected chi connectivity index (χ0v) is 48.7. The molecule has 0 aliphatic rings. The van der Waals surface area contributed by atoms with Crippen LogP contribution in [-0.4, -0.2) is 37.2 Å². The second-order valence-corrected chi connectivity index (χ2v) is 21.3. The van der Waals surface area contributed by atoms with E-state index < -0.39 is 6.10 Å². The van der Waals surface area contributed by atoms with Gasteiger partial charge >= 0.3 is 17.9 Å². The number of hydrogen-bond acceptors (Lipinski definition) is 6. The van der Waals surface area contributed by atoms with Crippen LogP contribution in [0.15, 0.2) is 60.8 Å². The van der Waals surface area contributed by atoms with Crippen LogP contribution in [0.2, 0.25) is 0 Å². The Kier molecular flexibility index (Phi) is 59.2. The Bertz CT molecular complexity index is 1310. The van der Waals surface area contributed by atoms with Crippen molar-refractivity contribution in [3.8, 4) is 0 Å². The largest absolute Gasteiger partial charge is 0.462 e. The van der Waals surface area contributed by atoms with Crippen molar-refractivity contribution >= 4 is 17.9 Å². The summed E-state index contributed by atoms with van der Waals surface area (Å²) in [6.07, 6.45) is 78.1. The summed E-state index contributed by atoms with van der Waals surface area (Å²) in [6.45, 7) is 6.55. The fourth-order valence-corrected chi connectivity index (χ4v) is 9.25. The van der Waals surface area contributed by atoms with Crippen LogP contribution in [0.3, 0.4) is 0 Å². The first-order valence-corrected chi connectivity index (χ1v) is 31.8. The molecule has 0 saturated heterocycles.